The summed E-state index contributed by atoms with van der Waals surface area (Å²) in [5, 5.41) is 53.1. The third-order valence-corrected chi connectivity index (χ3v) is 21.7. The Morgan fingerprint density at radius 1 is 0.337 bits per heavy atom. The lowest BCUT2D eigenvalue weighted by Crippen LogP contribution is -2.29. The molecule has 6 heterocycles. The van der Waals surface area contributed by atoms with Crippen LogP contribution < -0.4 is 10.6 Å². The Morgan fingerprint density at radius 3 is 1.15 bits per heavy atom. The summed E-state index contributed by atoms with van der Waals surface area (Å²) in [4.78, 5) is 6.58. The Kier molecular flexibility index (Phi) is 14.1. The Bertz CT molecular complexity index is 6980. The molecule has 0 saturated carbocycles. The number of fused-ring (bicyclic) bond motifs is 13. The Labute approximate surface area is 600 Å². The summed E-state index contributed by atoms with van der Waals surface area (Å²) in [7, 11) is 0. The summed E-state index contributed by atoms with van der Waals surface area (Å²) in [6.45, 7) is 7.33. The zero-order valence-electron chi connectivity index (χ0n) is 56.0. The lowest BCUT2D eigenvalue weighted by Gasteiger charge is -2.27. The molecule has 19 rings (SSSR count). The number of nitrogens with zero attached hydrogens (tertiary/aromatic N) is 9. The molecule has 0 fully saturated rings. The monoisotopic (exact) mass is 1340 g/mol. The fraction of sp³-hybridized carbons (Fsp3) is 0.0106. The van der Waals surface area contributed by atoms with Crippen LogP contribution in [0.15, 0.2) is 297 Å². The SMILES string of the molecule is C=c1/c(=C\C(=C/C)c2ccccc2)c2cc(-c3ccccc3)ccc2n1-c1nc(-n2c3ccc(-c4ccccc4)cc3c3cc(-c4ccccc4)ccc32)c(-n2c3ccc(C#N)cc3c3cc(C#N)ccc32)c(-c2ccc3c(c2)sc2ccccc23)c1-n1c2ccc(C#N)cc2c2cc(C#N)ccc21. The molecule has 0 bridgehead atoms. The minimum absolute atomic E-state index is 0.462. The number of nitriles is 4. The molecule has 9 nitrogen and oxygen atoms in total. The zero-order chi connectivity index (χ0) is 69.8. The van der Waals surface area contributed by atoms with Gasteiger partial charge in [0.2, 0.25) is 0 Å². The summed E-state index contributed by atoms with van der Waals surface area (Å²) < 4.78 is 11.4. The number of pyridine rings is 1. The van der Waals surface area contributed by atoms with E-state index in [0.29, 0.717) is 50.6 Å². The average Bonchev–Trinajstić information content (AvgIpc) is 1.48. The van der Waals surface area contributed by atoms with Crippen molar-refractivity contribution < 1.29 is 0 Å². The van der Waals surface area contributed by atoms with Crippen LogP contribution in [0.2, 0.25) is 0 Å². The second-order valence-electron chi connectivity index (χ2n) is 26.3. The molecule has 0 spiro atoms. The minimum Gasteiger partial charge on any atom is -0.305 e. The number of aromatic nitrogens is 5. The Hall–Kier alpha value is -14.4. The second kappa shape index (κ2) is 24.2. The van der Waals surface area contributed by atoms with Crippen molar-refractivity contribution in [2.75, 3.05) is 0 Å². The van der Waals surface area contributed by atoms with Gasteiger partial charge in [-0.1, -0.05) is 183 Å². The highest BCUT2D eigenvalue weighted by molar-refractivity contribution is 7.25. The first kappa shape index (κ1) is 60.8. The van der Waals surface area contributed by atoms with E-state index in [4.69, 9.17) is 11.6 Å². The molecule has 0 aliphatic heterocycles. The molecule has 0 N–H and O–H groups in total. The fourth-order valence-corrected chi connectivity index (χ4v) is 17.0. The number of benzene rings is 13. The maximum Gasteiger partial charge on any atom is 0.165 e. The van der Waals surface area contributed by atoms with E-state index in [-0.39, 0.29) is 0 Å². The van der Waals surface area contributed by atoms with Gasteiger partial charge >= 0.3 is 0 Å². The fourth-order valence-electron chi connectivity index (χ4n) is 15.8. The third-order valence-electron chi connectivity index (χ3n) is 20.6. The maximum atomic E-state index is 10.8. The van der Waals surface area contributed by atoms with Gasteiger partial charge in [0.15, 0.2) is 11.6 Å². The highest BCUT2D eigenvalue weighted by Crippen LogP contribution is 2.50. The summed E-state index contributed by atoms with van der Waals surface area (Å²) in [6, 6.07) is 111. The first-order chi connectivity index (χ1) is 51.3. The van der Waals surface area contributed by atoms with Crippen molar-refractivity contribution in [2.24, 2.45) is 0 Å². The molecule has 0 amide bonds. The highest BCUT2D eigenvalue weighted by Gasteiger charge is 2.33. The van der Waals surface area contributed by atoms with Gasteiger partial charge in [0, 0.05) is 74.0 Å². The number of rotatable bonds is 10. The molecular formula is C94H55N9S. The Balaban J connectivity index is 1.10. The Morgan fingerprint density at radius 2 is 0.702 bits per heavy atom. The van der Waals surface area contributed by atoms with Crippen molar-refractivity contribution in [1.29, 1.82) is 21.0 Å². The van der Waals surface area contributed by atoms with E-state index in [1.807, 2.05) is 97.1 Å². The predicted octanol–water partition coefficient (Wildman–Crippen LogP) is 22.1. The van der Waals surface area contributed by atoms with Crippen molar-refractivity contribution >= 4 is 126 Å². The van der Waals surface area contributed by atoms with Crippen LogP contribution in [0.5, 0.6) is 0 Å². The smallest absolute Gasteiger partial charge is 0.165 e. The predicted molar refractivity (Wildman–Crippen MR) is 427 cm³/mol. The van der Waals surface area contributed by atoms with E-state index in [1.54, 1.807) is 11.3 Å². The average molecular weight is 1340 g/mol. The van der Waals surface area contributed by atoms with E-state index >= 15 is 0 Å². The molecule has 0 aliphatic carbocycles. The lowest BCUT2D eigenvalue weighted by atomic mass is 9.98. The zero-order valence-corrected chi connectivity index (χ0v) is 56.8. The molecule has 0 atom stereocenters. The van der Waals surface area contributed by atoms with Gasteiger partial charge < -0.3 is 9.13 Å². The molecular weight excluding hydrogens is 1290 g/mol. The van der Waals surface area contributed by atoms with Crippen LogP contribution >= 0.6 is 11.3 Å². The molecule has 482 valence electrons. The molecule has 0 unspecified atom stereocenters. The van der Waals surface area contributed by atoms with Gasteiger partial charge in [0.1, 0.15) is 11.4 Å². The van der Waals surface area contributed by atoms with E-state index < -0.39 is 0 Å². The van der Waals surface area contributed by atoms with Crippen LogP contribution in [-0.4, -0.2) is 23.3 Å². The first-order valence-electron chi connectivity index (χ1n) is 34.4. The van der Waals surface area contributed by atoms with Gasteiger partial charge in [-0.2, -0.15) is 21.0 Å². The summed E-state index contributed by atoms with van der Waals surface area (Å²) in [6.07, 6.45) is 4.41. The van der Waals surface area contributed by atoms with Gasteiger partial charge in [0.25, 0.3) is 0 Å². The van der Waals surface area contributed by atoms with Crippen LogP contribution in [0.4, 0.5) is 0 Å². The van der Waals surface area contributed by atoms with Crippen molar-refractivity contribution in [2.45, 2.75) is 6.92 Å². The standard InChI is InChI=1S/C94H55N9S/c1-3-62(63-18-8-4-9-19-63)48-73-57(2)100(81-41-33-67(49-78(73)81)64-20-10-5-11-21-64)93-91(101-82-37-28-58(53-95)44-74(82)75-45-59(54-96)29-38-83(75)101)90(70-32-36-72-71-26-16-17-27-88(71)104-89(72)52-70)92(102-84-39-30-60(55-97)46-76(84)77-47-61(56-98)31-40-85(77)102)94(99-93)103-86-42-34-68(65-22-12-6-13-23-65)50-79(86)80-51-69(35-43-87(80)103)66-24-14-7-15-25-66/h3-52H,2H2,1H3/b62-3+,73-48+. The summed E-state index contributed by atoms with van der Waals surface area (Å²) >= 11 is 1.74. The van der Waals surface area contributed by atoms with Crippen molar-refractivity contribution in [3.05, 3.63) is 336 Å². The van der Waals surface area contributed by atoms with Gasteiger partial charge in [-0.25, -0.2) is 4.98 Å². The van der Waals surface area contributed by atoms with Crippen molar-refractivity contribution in [3.8, 4) is 91.8 Å². The second-order valence-corrected chi connectivity index (χ2v) is 27.3. The van der Waals surface area contributed by atoms with Crippen LogP contribution in [0, 0.1) is 45.3 Å². The highest BCUT2D eigenvalue weighted by atomic mass is 32.1. The molecule has 0 aliphatic rings. The molecule has 10 heteroatoms. The van der Waals surface area contributed by atoms with Crippen LogP contribution in [0.1, 0.15) is 34.7 Å². The molecule has 0 radical (unpaired) electrons. The number of allylic oxidation sites excluding steroid dienone is 2. The maximum absolute atomic E-state index is 10.8. The van der Waals surface area contributed by atoms with Crippen LogP contribution in [0.25, 0.3) is 182 Å². The topological polar surface area (TPSA) is 128 Å². The molecule has 0 saturated heterocycles. The van der Waals surface area contributed by atoms with Crippen LogP contribution in [-0.2, 0) is 0 Å². The van der Waals surface area contributed by atoms with Gasteiger partial charge in [-0.15, -0.1) is 11.3 Å². The molecule has 104 heavy (non-hydrogen) atoms. The quantitative estimate of drug-likeness (QED) is 0.135. The first-order valence-corrected chi connectivity index (χ1v) is 35.2. The molecule has 13 aromatic carbocycles. The normalized spacial score (nSPS) is 12.0. The van der Waals surface area contributed by atoms with Crippen molar-refractivity contribution in [3.63, 3.8) is 0 Å². The largest absolute Gasteiger partial charge is 0.305 e. The summed E-state index contributed by atoms with van der Waals surface area (Å²) in [5.41, 5.74) is 18.9. The van der Waals surface area contributed by atoms with Gasteiger partial charge in [-0.05, 0) is 184 Å². The lowest BCUT2D eigenvalue weighted by molar-refractivity contribution is 0.933. The van der Waals surface area contributed by atoms with E-state index in [9.17, 15) is 21.0 Å². The number of hydrogen-bond acceptors (Lipinski definition) is 6. The van der Waals surface area contributed by atoms with E-state index in [0.717, 1.165) is 157 Å². The molecule has 6 aromatic heterocycles. The van der Waals surface area contributed by atoms with Gasteiger partial charge in [0.05, 0.1) is 85.1 Å². The number of thiophene rings is 1. The minimum atomic E-state index is 0.462. The summed E-state index contributed by atoms with van der Waals surface area (Å²) in [5.74, 6) is 1.09. The third kappa shape index (κ3) is 9.53. The molecule has 19 aromatic rings. The van der Waals surface area contributed by atoms with Gasteiger partial charge in [-0.3, -0.25) is 9.13 Å². The van der Waals surface area contributed by atoms with E-state index in [2.05, 4.69) is 256 Å². The van der Waals surface area contributed by atoms with Crippen molar-refractivity contribution in [1.82, 2.24) is 23.3 Å². The van der Waals surface area contributed by atoms with Crippen LogP contribution in [0.3, 0.4) is 0 Å². The van der Waals surface area contributed by atoms with E-state index in [1.165, 1.54) is 0 Å². The number of hydrogen-bond donors (Lipinski definition) is 0.